The van der Waals surface area contributed by atoms with Gasteiger partial charge in [0.05, 0.1) is 22.1 Å². The number of thiazole rings is 1. The van der Waals surface area contributed by atoms with Gasteiger partial charge in [-0.3, -0.25) is 14.9 Å². The van der Waals surface area contributed by atoms with Gasteiger partial charge in [-0.1, -0.05) is 23.4 Å². The third kappa shape index (κ3) is 3.69. The highest BCUT2D eigenvalue weighted by molar-refractivity contribution is 8.01. The monoisotopic (exact) mass is 330 g/mol. The van der Waals surface area contributed by atoms with E-state index in [1.54, 1.807) is 11.4 Å². The lowest BCUT2D eigenvalue weighted by Crippen LogP contribution is -1.99. The molecular weight excluding hydrogens is 324 g/mol. The number of non-ortho nitro benzene ring substituents is 1. The maximum absolute atomic E-state index is 10.6. The second kappa shape index (κ2) is 6.21. The molecule has 2 aromatic rings. The number of carboxylic acids is 1. The third-order valence-corrected chi connectivity index (χ3v) is 4.67. The van der Waals surface area contributed by atoms with E-state index in [1.165, 1.54) is 35.2 Å². The molecule has 0 aliphatic rings. The third-order valence-electron chi connectivity index (χ3n) is 2.19. The van der Waals surface area contributed by atoms with E-state index in [4.69, 9.17) is 16.7 Å². The molecule has 0 bridgehead atoms. The molecule has 6 nitrogen and oxygen atoms in total. The minimum atomic E-state index is -0.944. The van der Waals surface area contributed by atoms with Gasteiger partial charge in [0.2, 0.25) is 0 Å². The molecule has 1 N–H and O–H groups in total. The summed E-state index contributed by atoms with van der Waals surface area (Å²) in [5.41, 5.74) is 0.396. The molecule has 1 aromatic heterocycles. The van der Waals surface area contributed by atoms with Gasteiger partial charge in [0.1, 0.15) is 0 Å². The molecule has 0 saturated carbocycles. The normalized spacial score (nSPS) is 10.4. The van der Waals surface area contributed by atoms with Crippen molar-refractivity contribution < 1.29 is 14.8 Å². The highest BCUT2D eigenvalue weighted by Gasteiger charge is 2.12. The summed E-state index contributed by atoms with van der Waals surface area (Å²) in [6.45, 7) is 0. The number of nitro groups is 1. The first kappa shape index (κ1) is 14.8. The number of benzene rings is 1. The van der Waals surface area contributed by atoms with Crippen molar-refractivity contribution in [3.63, 3.8) is 0 Å². The van der Waals surface area contributed by atoms with Gasteiger partial charge < -0.3 is 5.11 Å². The molecule has 0 atom stereocenters. The second-order valence-electron chi connectivity index (χ2n) is 3.65. The predicted octanol–water partition coefficient (Wildman–Crippen LogP) is 3.48. The summed E-state index contributed by atoms with van der Waals surface area (Å²) in [4.78, 5) is 25.4. The fraction of sp³-hybridized carbons (Fsp3) is 0.0909. The van der Waals surface area contributed by atoms with E-state index in [0.717, 1.165) is 0 Å². The average Bonchev–Trinajstić information content (AvgIpc) is 2.78. The van der Waals surface area contributed by atoms with Crippen LogP contribution in [0.1, 0.15) is 5.69 Å². The summed E-state index contributed by atoms with van der Waals surface area (Å²) >= 11 is 8.52. The van der Waals surface area contributed by atoms with Gasteiger partial charge in [0.25, 0.3) is 5.69 Å². The predicted molar refractivity (Wildman–Crippen MR) is 75.7 cm³/mol. The average molecular weight is 331 g/mol. The van der Waals surface area contributed by atoms with E-state index >= 15 is 0 Å². The van der Waals surface area contributed by atoms with E-state index in [1.807, 2.05) is 0 Å². The minimum Gasteiger partial charge on any atom is -0.481 e. The van der Waals surface area contributed by atoms with Crippen LogP contribution in [-0.2, 0) is 11.2 Å². The first-order valence-electron chi connectivity index (χ1n) is 5.23. The quantitative estimate of drug-likeness (QED) is 0.666. The molecule has 0 aliphatic carbocycles. The Morgan fingerprint density at radius 2 is 2.30 bits per heavy atom. The van der Waals surface area contributed by atoms with Crippen molar-refractivity contribution in [3.05, 3.63) is 44.4 Å². The molecule has 0 radical (unpaired) electrons. The first-order valence-corrected chi connectivity index (χ1v) is 7.31. The second-order valence-corrected chi connectivity index (χ2v) is 6.20. The van der Waals surface area contributed by atoms with Crippen molar-refractivity contribution >= 4 is 46.4 Å². The number of halogens is 1. The maximum Gasteiger partial charge on any atom is 0.309 e. The lowest BCUT2D eigenvalue weighted by molar-refractivity contribution is -0.384. The van der Waals surface area contributed by atoms with E-state index in [-0.39, 0.29) is 17.1 Å². The van der Waals surface area contributed by atoms with Gasteiger partial charge in [0.15, 0.2) is 4.34 Å². The van der Waals surface area contributed by atoms with Crippen molar-refractivity contribution in [3.8, 4) is 0 Å². The first-order chi connectivity index (χ1) is 9.45. The molecular formula is C11H7ClN2O4S2. The molecule has 104 valence electrons. The number of hydrogen-bond donors (Lipinski definition) is 1. The molecule has 20 heavy (non-hydrogen) atoms. The molecule has 0 saturated heterocycles. The molecule has 0 spiro atoms. The Hall–Kier alpha value is -1.64. The molecule has 0 fully saturated rings. The number of carboxylic acid groups (broad SMARTS) is 1. The van der Waals surface area contributed by atoms with Gasteiger partial charge >= 0.3 is 5.97 Å². The zero-order valence-electron chi connectivity index (χ0n) is 9.78. The van der Waals surface area contributed by atoms with Crippen LogP contribution >= 0.6 is 34.7 Å². The van der Waals surface area contributed by atoms with E-state index in [9.17, 15) is 14.9 Å². The molecule has 2 rings (SSSR count). The van der Waals surface area contributed by atoms with Crippen LogP contribution < -0.4 is 0 Å². The molecule has 0 unspecified atom stereocenters. The van der Waals surface area contributed by atoms with Crippen LogP contribution in [0.25, 0.3) is 0 Å². The summed E-state index contributed by atoms with van der Waals surface area (Å²) < 4.78 is 0.636. The zero-order chi connectivity index (χ0) is 14.7. The van der Waals surface area contributed by atoms with Crippen LogP contribution in [0.15, 0.2) is 32.8 Å². The van der Waals surface area contributed by atoms with Crippen LogP contribution in [0.4, 0.5) is 5.69 Å². The van der Waals surface area contributed by atoms with E-state index in [2.05, 4.69) is 4.98 Å². The van der Waals surface area contributed by atoms with Crippen molar-refractivity contribution in [2.45, 2.75) is 15.7 Å². The van der Waals surface area contributed by atoms with Crippen molar-refractivity contribution in [2.75, 3.05) is 0 Å². The number of aliphatic carboxylic acids is 1. The number of nitro benzene ring substituents is 1. The van der Waals surface area contributed by atoms with Crippen molar-refractivity contribution in [1.29, 1.82) is 0 Å². The van der Waals surface area contributed by atoms with Gasteiger partial charge in [-0.25, -0.2) is 4.98 Å². The molecule has 9 heteroatoms. The SMILES string of the molecule is O=C(O)Cc1csc(Sc2ccc([N+](=O)[O-])cc2Cl)n1. The number of nitrogens with zero attached hydrogens (tertiary/aromatic N) is 2. The maximum atomic E-state index is 10.6. The van der Waals surface area contributed by atoms with Crippen molar-refractivity contribution in [1.82, 2.24) is 4.98 Å². The standard InChI is InChI=1S/C11H7ClN2O4S2/c12-8-4-7(14(17)18)1-2-9(8)20-11-13-6(5-19-11)3-10(15)16/h1-2,4-5H,3H2,(H,15,16). The Morgan fingerprint density at radius 1 is 1.55 bits per heavy atom. The van der Waals surface area contributed by atoms with Crippen LogP contribution in [0.3, 0.4) is 0 Å². The minimum absolute atomic E-state index is 0.0787. The highest BCUT2D eigenvalue weighted by Crippen LogP contribution is 2.36. The van der Waals surface area contributed by atoms with Gasteiger partial charge in [-0.05, 0) is 6.07 Å². The van der Waals surface area contributed by atoms with Gasteiger partial charge in [-0.15, -0.1) is 11.3 Å². The van der Waals surface area contributed by atoms with Crippen LogP contribution in [0.2, 0.25) is 5.02 Å². The fourth-order valence-corrected chi connectivity index (χ4v) is 3.43. The van der Waals surface area contributed by atoms with Crippen LogP contribution in [-0.4, -0.2) is 21.0 Å². The topological polar surface area (TPSA) is 93.3 Å². The summed E-state index contributed by atoms with van der Waals surface area (Å²) in [7, 11) is 0. The highest BCUT2D eigenvalue weighted by atomic mass is 35.5. The molecule has 1 aromatic carbocycles. The van der Waals surface area contributed by atoms with Gasteiger partial charge in [0, 0.05) is 22.4 Å². The fourth-order valence-electron chi connectivity index (χ4n) is 1.35. The lowest BCUT2D eigenvalue weighted by atomic mass is 10.3. The number of hydrogen-bond acceptors (Lipinski definition) is 6. The number of carbonyl (C=O) groups is 1. The Kier molecular flexibility index (Phi) is 4.58. The van der Waals surface area contributed by atoms with Crippen LogP contribution in [0, 0.1) is 10.1 Å². The lowest BCUT2D eigenvalue weighted by Gasteiger charge is -2.00. The summed E-state index contributed by atoms with van der Waals surface area (Å²) in [5, 5.41) is 21.2. The van der Waals surface area contributed by atoms with Crippen molar-refractivity contribution in [2.24, 2.45) is 0 Å². The largest absolute Gasteiger partial charge is 0.481 e. The number of rotatable bonds is 5. The summed E-state index contributed by atoms with van der Waals surface area (Å²) in [6, 6.07) is 4.18. The zero-order valence-corrected chi connectivity index (χ0v) is 12.2. The Morgan fingerprint density at radius 3 is 2.90 bits per heavy atom. The Balaban J connectivity index is 2.15. The van der Waals surface area contributed by atoms with Crippen LogP contribution in [0.5, 0.6) is 0 Å². The van der Waals surface area contributed by atoms with Gasteiger partial charge in [-0.2, -0.15) is 0 Å². The van der Waals surface area contributed by atoms with E-state index < -0.39 is 10.9 Å². The number of aromatic nitrogens is 1. The summed E-state index contributed by atoms with van der Waals surface area (Å²) in [5.74, 6) is -0.944. The Labute approximate surface area is 126 Å². The van der Waals surface area contributed by atoms with E-state index in [0.29, 0.717) is 14.9 Å². The molecule has 0 aliphatic heterocycles. The summed E-state index contributed by atoms with van der Waals surface area (Å²) in [6.07, 6.45) is -0.134. The molecule has 1 heterocycles. The smallest absolute Gasteiger partial charge is 0.309 e. The Bertz CT molecular complexity index is 674. The molecule has 0 amide bonds.